The van der Waals surface area contributed by atoms with Gasteiger partial charge in [-0.2, -0.15) is 0 Å². The van der Waals surface area contributed by atoms with Crippen molar-refractivity contribution < 1.29 is 19.7 Å². The highest BCUT2D eigenvalue weighted by Crippen LogP contribution is 2.36. The lowest BCUT2D eigenvalue weighted by atomic mass is 9.86. The molecule has 2 N–H and O–H groups in total. The molecule has 0 spiro atoms. The van der Waals surface area contributed by atoms with Crippen LogP contribution in [0.4, 0.5) is 0 Å². The molecule has 0 saturated carbocycles. The number of amides is 1. The van der Waals surface area contributed by atoms with Crippen LogP contribution in [-0.2, 0) is 5.60 Å². The molecular formula is C19H22N2O4. The molecule has 6 nitrogen and oxygen atoms in total. The molecule has 3 rings (SSSR count). The molecule has 1 amide bonds. The van der Waals surface area contributed by atoms with Gasteiger partial charge in [0.25, 0.3) is 5.91 Å². The molecule has 6 heteroatoms. The summed E-state index contributed by atoms with van der Waals surface area (Å²) in [6, 6.07) is 9.80. The number of aliphatic hydroxyl groups is 1. The zero-order valence-corrected chi connectivity index (χ0v) is 14.3. The number of benzene rings is 1. The second-order valence-electron chi connectivity index (χ2n) is 6.40. The van der Waals surface area contributed by atoms with Gasteiger partial charge < -0.3 is 19.8 Å². The minimum absolute atomic E-state index is 0.0138. The number of ether oxygens (including phenoxy) is 1. The highest BCUT2D eigenvalue weighted by Gasteiger charge is 2.43. The standard InChI is InChI=1S/C19H22N2O4/c1-19(24,13-7-9-14(25-2)10-8-13)16-6-4-12-21(16)18(23)17-15(22)5-3-11-20-17/h3,5,7-11,16,22,24H,4,6,12H2,1-2H3/t16-,19+/m1/s1. The van der Waals surface area contributed by atoms with Crippen LogP contribution in [0.25, 0.3) is 0 Å². The molecule has 0 aliphatic carbocycles. The first-order chi connectivity index (χ1) is 11.9. The van der Waals surface area contributed by atoms with E-state index in [-0.39, 0.29) is 17.4 Å². The number of likely N-dealkylation sites (tertiary alicyclic amines) is 1. The van der Waals surface area contributed by atoms with Crippen LogP contribution in [0, 0.1) is 0 Å². The largest absolute Gasteiger partial charge is 0.505 e. The average molecular weight is 342 g/mol. The Balaban J connectivity index is 1.89. The molecule has 2 atom stereocenters. The molecule has 132 valence electrons. The van der Waals surface area contributed by atoms with E-state index in [1.807, 2.05) is 0 Å². The lowest BCUT2D eigenvalue weighted by Gasteiger charge is -2.37. The molecule has 1 saturated heterocycles. The van der Waals surface area contributed by atoms with E-state index in [0.29, 0.717) is 24.3 Å². The zero-order valence-electron chi connectivity index (χ0n) is 14.3. The summed E-state index contributed by atoms with van der Waals surface area (Å²) in [6.45, 7) is 2.23. The number of aromatic nitrogens is 1. The van der Waals surface area contributed by atoms with Gasteiger partial charge in [0.2, 0.25) is 0 Å². The van der Waals surface area contributed by atoms with Gasteiger partial charge in [-0.05, 0) is 49.6 Å². The molecule has 1 aliphatic rings. The Labute approximate surface area is 146 Å². The molecule has 0 radical (unpaired) electrons. The Morgan fingerprint density at radius 3 is 2.68 bits per heavy atom. The Hall–Kier alpha value is -2.60. The number of aromatic hydroxyl groups is 1. The smallest absolute Gasteiger partial charge is 0.276 e. The van der Waals surface area contributed by atoms with Gasteiger partial charge in [0.15, 0.2) is 5.69 Å². The van der Waals surface area contributed by atoms with E-state index in [1.165, 1.54) is 12.3 Å². The lowest BCUT2D eigenvalue weighted by Crippen LogP contribution is -2.48. The Morgan fingerprint density at radius 1 is 1.32 bits per heavy atom. The van der Waals surface area contributed by atoms with Crippen molar-refractivity contribution in [2.75, 3.05) is 13.7 Å². The summed E-state index contributed by atoms with van der Waals surface area (Å²) in [5.41, 5.74) is -0.494. The van der Waals surface area contributed by atoms with Gasteiger partial charge >= 0.3 is 0 Å². The predicted molar refractivity (Wildman–Crippen MR) is 92.5 cm³/mol. The second kappa shape index (κ2) is 6.72. The maximum atomic E-state index is 12.8. The molecular weight excluding hydrogens is 320 g/mol. The van der Waals surface area contributed by atoms with Crippen molar-refractivity contribution in [1.29, 1.82) is 0 Å². The molecule has 1 aliphatic heterocycles. The number of nitrogens with zero attached hydrogens (tertiary/aromatic N) is 2. The van der Waals surface area contributed by atoms with Crippen LogP contribution in [0.3, 0.4) is 0 Å². The van der Waals surface area contributed by atoms with Crippen molar-refractivity contribution >= 4 is 5.91 Å². The summed E-state index contributed by atoms with van der Waals surface area (Å²) < 4.78 is 5.16. The minimum Gasteiger partial charge on any atom is -0.505 e. The fraction of sp³-hybridized carbons (Fsp3) is 0.368. The lowest BCUT2D eigenvalue weighted by molar-refractivity contribution is -0.0180. The van der Waals surface area contributed by atoms with Gasteiger partial charge in [-0.15, -0.1) is 0 Å². The number of methoxy groups -OCH3 is 1. The van der Waals surface area contributed by atoms with Crippen molar-refractivity contribution in [3.8, 4) is 11.5 Å². The zero-order chi connectivity index (χ0) is 18.0. The van der Waals surface area contributed by atoms with Gasteiger partial charge in [-0.1, -0.05) is 12.1 Å². The first-order valence-electron chi connectivity index (χ1n) is 8.27. The quantitative estimate of drug-likeness (QED) is 0.891. The number of hydrogen-bond donors (Lipinski definition) is 2. The van der Waals surface area contributed by atoms with Crippen molar-refractivity contribution in [1.82, 2.24) is 9.88 Å². The number of rotatable bonds is 4. The second-order valence-corrected chi connectivity index (χ2v) is 6.40. The number of hydrogen-bond acceptors (Lipinski definition) is 5. The maximum Gasteiger partial charge on any atom is 0.276 e. The minimum atomic E-state index is -1.22. The first kappa shape index (κ1) is 17.2. The Morgan fingerprint density at radius 2 is 2.04 bits per heavy atom. The van der Waals surface area contributed by atoms with Crippen LogP contribution in [0.2, 0.25) is 0 Å². The van der Waals surface area contributed by atoms with Gasteiger partial charge in [-0.25, -0.2) is 4.98 Å². The summed E-state index contributed by atoms with van der Waals surface area (Å²) in [6.07, 6.45) is 2.94. The van der Waals surface area contributed by atoms with Gasteiger partial charge in [0.1, 0.15) is 17.1 Å². The first-order valence-corrected chi connectivity index (χ1v) is 8.27. The Bertz CT molecular complexity index is 758. The number of carbonyl (C=O) groups excluding carboxylic acids is 1. The van der Waals surface area contributed by atoms with E-state index in [9.17, 15) is 15.0 Å². The molecule has 1 aromatic carbocycles. The van der Waals surface area contributed by atoms with Crippen LogP contribution < -0.4 is 4.74 Å². The molecule has 25 heavy (non-hydrogen) atoms. The van der Waals surface area contributed by atoms with E-state index < -0.39 is 11.6 Å². The maximum absolute atomic E-state index is 12.8. The molecule has 1 aromatic heterocycles. The van der Waals surface area contributed by atoms with Crippen molar-refractivity contribution in [3.63, 3.8) is 0 Å². The molecule has 1 fully saturated rings. The SMILES string of the molecule is COc1ccc([C@](C)(O)[C@H]2CCCN2C(=O)c2ncccc2O)cc1. The molecule has 2 heterocycles. The predicted octanol–water partition coefficient (Wildman–Crippen LogP) is 2.31. The van der Waals surface area contributed by atoms with E-state index in [0.717, 1.165) is 6.42 Å². The number of carbonyl (C=O) groups is 1. The highest BCUT2D eigenvalue weighted by atomic mass is 16.5. The average Bonchev–Trinajstić information content (AvgIpc) is 3.12. The molecule has 0 bridgehead atoms. The van der Waals surface area contributed by atoms with E-state index in [4.69, 9.17) is 4.74 Å². The summed E-state index contributed by atoms with van der Waals surface area (Å²) in [5, 5.41) is 21.1. The van der Waals surface area contributed by atoms with Gasteiger partial charge in [-0.3, -0.25) is 4.79 Å². The monoisotopic (exact) mass is 342 g/mol. The summed E-state index contributed by atoms with van der Waals surface area (Å²) in [5.74, 6) is 0.189. The topological polar surface area (TPSA) is 82.9 Å². The third-order valence-corrected chi connectivity index (χ3v) is 4.83. The van der Waals surface area contributed by atoms with E-state index in [2.05, 4.69) is 4.98 Å². The fourth-order valence-electron chi connectivity index (χ4n) is 3.41. The van der Waals surface area contributed by atoms with Crippen molar-refractivity contribution in [2.45, 2.75) is 31.4 Å². The van der Waals surface area contributed by atoms with Crippen LogP contribution in [0.15, 0.2) is 42.6 Å². The van der Waals surface area contributed by atoms with Gasteiger partial charge in [0, 0.05) is 12.7 Å². The normalized spacial score (nSPS) is 19.5. The summed E-state index contributed by atoms with van der Waals surface area (Å²) in [4.78, 5) is 18.4. The summed E-state index contributed by atoms with van der Waals surface area (Å²) in [7, 11) is 1.59. The van der Waals surface area contributed by atoms with Crippen LogP contribution in [0.1, 0.15) is 35.8 Å². The molecule has 2 aromatic rings. The van der Waals surface area contributed by atoms with Crippen LogP contribution >= 0.6 is 0 Å². The van der Waals surface area contributed by atoms with Crippen molar-refractivity contribution in [2.24, 2.45) is 0 Å². The van der Waals surface area contributed by atoms with E-state index in [1.54, 1.807) is 49.3 Å². The Kier molecular flexibility index (Phi) is 4.63. The highest BCUT2D eigenvalue weighted by molar-refractivity contribution is 5.95. The van der Waals surface area contributed by atoms with Crippen molar-refractivity contribution in [3.05, 3.63) is 53.9 Å². The summed E-state index contributed by atoms with van der Waals surface area (Å²) >= 11 is 0. The van der Waals surface area contributed by atoms with Crippen LogP contribution in [0.5, 0.6) is 11.5 Å². The third-order valence-electron chi connectivity index (χ3n) is 4.83. The van der Waals surface area contributed by atoms with Gasteiger partial charge in [0.05, 0.1) is 13.2 Å². The third kappa shape index (κ3) is 3.17. The fourth-order valence-corrected chi connectivity index (χ4v) is 3.41. The van der Waals surface area contributed by atoms with E-state index >= 15 is 0 Å². The number of pyridine rings is 1. The molecule has 0 unspecified atom stereocenters. The van der Waals surface area contributed by atoms with Crippen LogP contribution in [-0.4, -0.2) is 45.7 Å².